The van der Waals surface area contributed by atoms with Gasteiger partial charge in [0.25, 0.3) is 0 Å². The summed E-state index contributed by atoms with van der Waals surface area (Å²) in [5, 5.41) is 0. The lowest BCUT2D eigenvalue weighted by Gasteiger charge is -2.22. The fourth-order valence-corrected chi connectivity index (χ4v) is 1.16. The molecule has 1 aliphatic rings. The number of cyclic esters (lactones) is 1. The minimum absolute atomic E-state index is 0.315. The summed E-state index contributed by atoms with van der Waals surface area (Å²) in [6.07, 6.45) is -0.479. The second kappa shape index (κ2) is 2.52. The van der Waals surface area contributed by atoms with Crippen LogP contribution in [-0.4, -0.2) is 12.3 Å². The van der Waals surface area contributed by atoms with Gasteiger partial charge in [0, 0.05) is 6.92 Å². The van der Waals surface area contributed by atoms with Crippen molar-refractivity contribution in [3.8, 4) is 5.75 Å². The van der Waals surface area contributed by atoms with E-state index in [1.807, 2.05) is 6.07 Å². The van der Waals surface area contributed by atoms with Gasteiger partial charge >= 0.3 is 5.97 Å². The molecule has 0 radical (unpaired) electrons. The van der Waals surface area contributed by atoms with Crippen LogP contribution in [0.25, 0.3) is 0 Å². The summed E-state index contributed by atoms with van der Waals surface area (Å²) in [7, 11) is 0. The zero-order valence-electron chi connectivity index (χ0n) is 6.61. The molecule has 0 fully saturated rings. The van der Waals surface area contributed by atoms with Gasteiger partial charge in [-0.2, -0.15) is 0 Å². The predicted molar refractivity (Wildman–Crippen MR) is 41.9 cm³/mol. The van der Waals surface area contributed by atoms with Crippen LogP contribution >= 0.6 is 0 Å². The Kier molecular flexibility index (Phi) is 1.50. The molecule has 12 heavy (non-hydrogen) atoms. The maximum Gasteiger partial charge on any atom is 0.344 e. The molecule has 1 aromatic rings. The van der Waals surface area contributed by atoms with Crippen LogP contribution in [0.1, 0.15) is 17.3 Å². The number of rotatable bonds is 0. The highest BCUT2D eigenvalue weighted by Gasteiger charge is 2.23. The van der Waals surface area contributed by atoms with E-state index in [-0.39, 0.29) is 5.97 Å². The van der Waals surface area contributed by atoms with E-state index in [9.17, 15) is 4.79 Å². The molecule has 0 amide bonds. The van der Waals surface area contributed by atoms with E-state index in [1.54, 1.807) is 25.1 Å². The van der Waals surface area contributed by atoms with Crippen LogP contribution in [0.3, 0.4) is 0 Å². The van der Waals surface area contributed by atoms with E-state index >= 15 is 0 Å². The molecule has 0 N–H and O–H groups in total. The van der Waals surface area contributed by atoms with Crippen LogP contribution in [0, 0.1) is 0 Å². The second-order valence-corrected chi connectivity index (χ2v) is 2.59. The van der Waals surface area contributed by atoms with E-state index in [4.69, 9.17) is 9.47 Å². The normalized spacial score (nSPS) is 20.8. The van der Waals surface area contributed by atoms with Crippen molar-refractivity contribution in [3.05, 3.63) is 29.8 Å². The minimum atomic E-state index is -0.479. The molecule has 0 saturated carbocycles. The Bertz CT molecular complexity index is 319. The van der Waals surface area contributed by atoms with Gasteiger partial charge in [-0.1, -0.05) is 12.1 Å². The highest BCUT2D eigenvalue weighted by molar-refractivity contribution is 5.93. The van der Waals surface area contributed by atoms with Crippen molar-refractivity contribution < 1.29 is 14.3 Å². The molecule has 2 rings (SSSR count). The summed E-state index contributed by atoms with van der Waals surface area (Å²) in [6, 6.07) is 7.04. The molecule has 0 aromatic heterocycles. The summed E-state index contributed by atoms with van der Waals surface area (Å²) < 4.78 is 10.1. The Balaban J connectivity index is 2.47. The molecule has 1 aliphatic heterocycles. The lowest BCUT2D eigenvalue weighted by Crippen LogP contribution is -2.26. The summed E-state index contributed by atoms with van der Waals surface area (Å²) in [5.74, 6) is 0.283. The van der Waals surface area contributed by atoms with Gasteiger partial charge in [0.05, 0.1) is 0 Å². The smallest absolute Gasteiger partial charge is 0.344 e. The van der Waals surface area contributed by atoms with Crippen molar-refractivity contribution in [2.45, 2.75) is 13.2 Å². The van der Waals surface area contributed by atoms with Gasteiger partial charge in [0.1, 0.15) is 11.3 Å². The molecular formula is C9H8O3. The van der Waals surface area contributed by atoms with Crippen LogP contribution in [0.2, 0.25) is 0 Å². The highest BCUT2D eigenvalue weighted by atomic mass is 16.7. The number of fused-ring (bicyclic) bond motifs is 1. The fourth-order valence-electron chi connectivity index (χ4n) is 1.16. The van der Waals surface area contributed by atoms with E-state index in [2.05, 4.69) is 0 Å². The first-order valence-corrected chi connectivity index (χ1v) is 3.74. The minimum Gasteiger partial charge on any atom is -0.454 e. The lowest BCUT2D eigenvalue weighted by molar-refractivity contribution is -0.0488. The topological polar surface area (TPSA) is 35.5 Å². The van der Waals surface area contributed by atoms with E-state index in [1.165, 1.54) is 0 Å². The van der Waals surface area contributed by atoms with Gasteiger partial charge in [-0.3, -0.25) is 0 Å². The van der Waals surface area contributed by atoms with Gasteiger partial charge in [-0.25, -0.2) is 4.79 Å². The van der Waals surface area contributed by atoms with Crippen LogP contribution < -0.4 is 4.74 Å². The predicted octanol–water partition coefficient (Wildman–Crippen LogP) is 1.58. The molecule has 0 saturated heterocycles. The number of benzene rings is 1. The molecule has 3 heteroatoms. The number of para-hydroxylation sites is 1. The Morgan fingerprint density at radius 1 is 1.25 bits per heavy atom. The summed E-state index contributed by atoms with van der Waals surface area (Å²) in [4.78, 5) is 11.2. The average molecular weight is 164 g/mol. The van der Waals surface area contributed by atoms with Gasteiger partial charge in [0.2, 0.25) is 6.29 Å². The standard InChI is InChI=1S/C9H8O3/c1-6-11-8-5-3-2-4-7(8)9(10)12-6/h2-6H,1H3/t6-/m1/s1. The molecule has 0 bridgehead atoms. The van der Waals surface area contributed by atoms with E-state index in [0.717, 1.165) is 0 Å². The Hall–Kier alpha value is -1.51. The SMILES string of the molecule is C[C@H]1OC(=O)c2ccccc2O1. The molecule has 3 nitrogen and oxygen atoms in total. The Labute approximate surface area is 69.9 Å². The van der Waals surface area contributed by atoms with Crippen molar-refractivity contribution in [1.82, 2.24) is 0 Å². The number of hydrogen-bond donors (Lipinski definition) is 0. The first-order valence-electron chi connectivity index (χ1n) is 3.74. The second-order valence-electron chi connectivity index (χ2n) is 2.59. The third-order valence-corrected chi connectivity index (χ3v) is 1.67. The lowest BCUT2D eigenvalue weighted by atomic mass is 10.2. The van der Waals surface area contributed by atoms with Crippen molar-refractivity contribution in [3.63, 3.8) is 0 Å². The van der Waals surface area contributed by atoms with Crippen LogP contribution in [0.4, 0.5) is 0 Å². The first-order chi connectivity index (χ1) is 5.77. The number of ether oxygens (including phenoxy) is 2. The number of carbonyl (C=O) groups is 1. The zero-order chi connectivity index (χ0) is 8.55. The molecule has 0 unspecified atom stereocenters. The van der Waals surface area contributed by atoms with E-state index < -0.39 is 6.29 Å². The molecule has 0 aliphatic carbocycles. The Morgan fingerprint density at radius 3 is 2.83 bits per heavy atom. The maximum absolute atomic E-state index is 11.2. The third kappa shape index (κ3) is 1.03. The third-order valence-electron chi connectivity index (χ3n) is 1.67. The molecule has 1 atom stereocenters. The molecular weight excluding hydrogens is 156 g/mol. The van der Waals surface area contributed by atoms with Gasteiger partial charge in [-0.05, 0) is 12.1 Å². The largest absolute Gasteiger partial charge is 0.454 e. The van der Waals surface area contributed by atoms with Crippen LogP contribution in [0.5, 0.6) is 5.75 Å². The molecule has 0 spiro atoms. The van der Waals surface area contributed by atoms with Gasteiger partial charge in [0.15, 0.2) is 0 Å². The molecule has 1 aromatic carbocycles. The number of carbonyl (C=O) groups excluding carboxylic acids is 1. The zero-order valence-corrected chi connectivity index (χ0v) is 6.61. The molecule has 1 heterocycles. The van der Waals surface area contributed by atoms with Crippen molar-refractivity contribution in [2.75, 3.05) is 0 Å². The quantitative estimate of drug-likeness (QED) is 0.546. The average Bonchev–Trinajstić information content (AvgIpc) is 2.04. The monoisotopic (exact) mass is 164 g/mol. The number of esters is 1. The van der Waals surface area contributed by atoms with Crippen LogP contribution in [-0.2, 0) is 4.74 Å². The summed E-state index contributed by atoms with van der Waals surface area (Å²) in [6.45, 7) is 1.69. The maximum atomic E-state index is 11.2. The molecule has 62 valence electrons. The number of hydrogen-bond acceptors (Lipinski definition) is 3. The van der Waals surface area contributed by atoms with Crippen molar-refractivity contribution in [1.29, 1.82) is 0 Å². The van der Waals surface area contributed by atoms with E-state index in [0.29, 0.717) is 11.3 Å². The first kappa shape index (κ1) is 7.16. The van der Waals surface area contributed by atoms with Crippen LogP contribution in [0.15, 0.2) is 24.3 Å². The summed E-state index contributed by atoms with van der Waals surface area (Å²) >= 11 is 0. The van der Waals surface area contributed by atoms with Gasteiger partial charge < -0.3 is 9.47 Å². The van der Waals surface area contributed by atoms with Gasteiger partial charge in [-0.15, -0.1) is 0 Å². The highest BCUT2D eigenvalue weighted by Crippen LogP contribution is 2.24. The Morgan fingerprint density at radius 2 is 2.00 bits per heavy atom. The van der Waals surface area contributed by atoms with Crippen molar-refractivity contribution >= 4 is 5.97 Å². The summed E-state index contributed by atoms with van der Waals surface area (Å²) in [5.41, 5.74) is 0.496. The van der Waals surface area contributed by atoms with Crippen molar-refractivity contribution in [2.24, 2.45) is 0 Å². The fraction of sp³-hybridized carbons (Fsp3) is 0.222.